The Morgan fingerprint density at radius 3 is 2.43 bits per heavy atom. The Bertz CT molecular complexity index is 379. The second kappa shape index (κ2) is 8.42. The third-order valence-electron chi connectivity index (χ3n) is 4.37. The monoisotopic (exact) mass is 350 g/mol. The molecule has 23 heavy (non-hydrogen) atoms. The van der Waals surface area contributed by atoms with Crippen LogP contribution >= 0.6 is 0 Å². The van der Waals surface area contributed by atoms with Crippen molar-refractivity contribution in [3.05, 3.63) is 0 Å². The van der Waals surface area contributed by atoms with E-state index in [0.717, 1.165) is 6.04 Å². The highest BCUT2D eigenvalue weighted by molar-refractivity contribution is 6.76. The molecule has 0 heterocycles. The van der Waals surface area contributed by atoms with Crippen LogP contribution in [-0.2, 0) is 4.74 Å². The molecule has 1 aliphatic rings. The summed E-state index contributed by atoms with van der Waals surface area (Å²) in [5.74, 6) is -2.27. The molecule has 1 atom stereocenters. The van der Waals surface area contributed by atoms with Gasteiger partial charge in [0.1, 0.15) is 0 Å². The minimum Gasteiger partial charge on any atom is -0.450 e. The number of hydrogen-bond donors (Lipinski definition) is 1. The van der Waals surface area contributed by atoms with Gasteiger partial charge in [0.15, 0.2) is 0 Å². The molecular weight excluding hydrogens is 318 g/mol. The molecule has 0 spiro atoms. The first-order valence-corrected chi connectivity index (χ1v) is 12.2. The highest BCUT2D eigenvalue weighted by Crippen LogP contribution is 2.37. The number of carbonyl (C=O) groups excluding carboxylic acids is 1. The van der Waals surface area contributed by atoms with Crippen LogP contribution in [0, 0.1) is 5.92 Å². The number of rotatable bonds is 7. The SMILES string of the molecule is CN(CC(N)CC1CCC(F)(F)CC1)C(=O)OCC[Si](C)(C)C. The second-order valence-electron chi connectivity index (χ2n) is 8.10. The van der Waals surface area contributed by atoms with Crippen LogP contribution in [0.5, 0.6) is 0 Å². The molecule has 1 fully saturated rings. The molecule has 0 aliphatic heterocycles. The second-order valence-corrected chi connectivity index (χ2v) is 13.7. The van der Waals surface area contributed by atoms with Gasteiger partial charge in [-0.15, -0.1) is 0 Å². The lowest BCUT2D eigenvalue weighted by Crippen LogP contribution is -2.41. The maximum absolute atomic E-state index is 13.1. The van der Waals surface area contributed by atoms with Crippen molar-refractivity contribution in [2.24, 2.45) is 11.7 Å². The highest BCUT2D eigenvalue weighted by Gasteiger charge is 2.35. The largest absolute Gasteiger partial charge is 0.450 e. The molecule has 1 amide bonds. The van der Waals surface area contributed by atoms with Gasteiger partial charge in [-0.25, -0.2) is 13.6 Å². The van der Waals surface area contributed by atoms with Crippen molar-refractivity contribution in [3.63, 3.8) is 0 Å². The van der Waals surface area contributed by atoms with Gasteiger partial charge in [0.05, 0.1) is 6.61 Å². The van der Waals surface area contributed by atoms with Gasteiger partial charge < -0.3 is 15.4 Å². The predicted molar refractivity (Wildman–Crippen MR) is 91.6 cm³/mol. The van der Waals surface area contributed by atoms with Crippen molar-refractivity contribution in [2.75, 3.05) is 20.2 Å². The van der Waals surface area contributed by atoms with Gasteiger partial charge in [-0.2, -0.15) is 0 Å². The normalized spacial score (nSPS) is 20.1. The number of halogens is 2. The van der Waals surface area contributed by atoms with Gasteiger partial charge in [0.25, 0.3) is 0 Å². The summed E-state index contributed by atoms with van der Waals surface area (Å²) in [7, 11) is 0.459. The van der Waals surface area contributed by atoms with Gasteiger partial charge in [0.2, 0.25) is 5.92 Å². The lowest BCUT2D eigenvalue weighted by Gasteiger charge is -2.30. The molecule has 0 aromatic rings. The van der Waals surface area contributed by atoms with Crippen LogP contribution in [0.4, 0.5) is 13.6 Å². The third-order valence-corrected chi connectivity index (χ3v) is 6.07. The topological polar surface area (TPSA) is 55.6 Å². The molecule has 0 aromatic carbocycles. The Morgan fingerprint density at radius 2 is 1.91 bits per heavy atom. The van der Waals surface area contributed by atoms with Gasteiger partial charge in [-0.1, -0.05) is 19.6 Å². The Hall–Kier alpha value is -0.693. The summed E-state index contributed by atoms with van der Waals surface area (Å²) >= 11 is 0. The van der Waals surface area contributed by atoms with Crippen molar-refractivity contribution in [2.45, 2.75) is 69.8 Å². The van der Waals surface area contributed by atoms with Crippen molar-refractivity contribution in [1.29, 1.82) is 0 Å². The van der Waals surface area contributed by atoms with Gasteiger partial charge in [0, 0.05) is 40.5 Å². The Balaban J connectivity index is 2.25. The van der Waals surface area contributed by atoms with E-state index in [1.54, 1.807) is 7.05 Å². The predicted octanol–water partition coefficient (Wildman–Crippen LogP) is 3.94. The fourth-order valence-electron chi connectivity index (χ4n) is 2.82. The van der Waals surface area contributed by atoms with Crippen molar-refractivity contribution >= 4 is 14.2 Å². The quantitative estimate of drug-likeness (QED) is 0.708. The molecule has 2 N–H and O–H groups in total. The number of nitrogens with zero attached hydrogens (tertiary/aromatic N) is 1. The molecule has 1 aliphatic carbocycles. The van der Waals surface area contributed by atoms with Crippen LogP contribution in [0.1, 0.15) is 32.1 Å². The molecule has 0 radical (unpaired) electrons. The summed E-state index contributed by atoms with van der Waals surface area (Å²) in [5, 5.41) is 0. The Labute approximate surface area is 139 Å². The average Bonchev–Trinajstić information content (AvgIpc) is 2.39. The molecule has 0 saturated heterocycles. The van der Waals surface area contributed by atoms with Gasteiger partial charge in [-0.3, -0.25) is 0 Å². The molecule has 136 valence electrons. The number of ether oxygens (including phenoxy) is 1. The highest BCUT2D eigenvalue weighted by atomic mass is 28.3. The minimum absolute atomic E-state index is 0.0427. The zero-order chi connectivity index (χ0) is 17.7. The molecule has 1 saturated carbocycles. The van der Waals surface area contributed by atoms with Crippen LogP contribution in [-0.4, -0.2) is 51.2 Å². The summed E-state index contributed by atoms with van der Waals surface area (Å²) in [6.07, 6.45) is 1.28. The Morgan fingerprint density at radius 1 is 1.35 bits per heavy atom. The van der Waals surface area contributed by atoms with E-state index in [1.807, 2.05) is 0 Å². The minimum atomic E-state index is -2.50. The molecule has 1 rings (SSSR count). The summed E-state index contributed by atoms with van der Waals surface area (Å²) in [5.41, 5.74) is 6.08. The van der Waals surface area contributed by atoms with E-state index >= 15 is 0 Å². The number of amides is 1. The maximum atomic E-state index is 13.1. The van der Waals surface area contributed by atoms with E-state index in [4.69, 9.17) is 10.5 Å². The van der Waals surface area contributed by atoms with Crippen LogP contribution in [0.15, 0.2) is 0 Å². The lowest BCUT2D eigenvalue weighted by atomic mass is 9.83. The smallest absolute Gasteiger partial charge is 0.409 e. The van der Waals surface area contributed by atoms with E-state index in [1.165, 1.54) is 4.90 Å². The van der Waals surface area contributed by atoms with Crippen LogP contribution < -0.4 is 5.73 Å². The van der Waals surface area contributed by atoms with Gasteiger partial charge in [-0.05, 0) is 31.2 Å². The molecule has 0 aromatic heterocycles. The number of alkyl halides is 2. The van der Waals surface area contributed by atoms with E-state index < -0.39 is 14.0 Å². The summed E-state index contributed by atoms with van der Waals surface area (Å²) in [6, 6.07) is 0.746. The molecule has 7 heteroatoms. The van der Waals surface area contributed by atoms with Crippen LogP contribution in [0.2, 0.25) is 25.7 Å². The number of nitrogens with two attached hydrogens (primary N) is 1. The van der Waals surface area contributed by atoms with Gasteiger partial charge >= 0.3 is 6.09 Å². The van der Waals surface area contributed by atoms with E-state index in [-0.39, 0.29) is 30.9 Å². The third kappa shape index (κ3) is 8.65. The molecular formula is C16H32F2N2O2Si. The molecule has 0 bridgehead atoms. The fraction of sp³-hybridized carbons (Fsp3) is 0.938. The fourth-order valence-corrected chi connectivity index (χ4v) is 3.53. The van der Waals surface area contributed by atoms with Crippen molar-refractivity contribution in [3.8, 4) is 0 Å². The van der Waals surface area contributed by atoms with Crippen LogP contribution in [0.3, 0.4) is 0 Å². The number of carbonyl (C=O) groups is 1. The Kier molecular flexibility index (Phi) is 7.45. The van der Waals surface area contributed by atoms with E-state index in [2.05, 4.69) is 19.6 Å². The lowest BCUT2D eigenvalue weighted by molar-refractivity contribution is -0.0472. The van der Waals surface area contributed by atoms with Crippen LogP contribution in [0.25, 0.3) is 0 Å². The van der Waals surface area contributed by atoms with E-state index in [9.17, 15) is 13.6 Å². The first kappa shape index (κ1) is 20.4. The maximum Gasteiger partial charge on any atom is 0.409 e. The summed E-state index contributed by atoms with van der Waals surface area (Å²) in [4.78, 5) is 13.4. The molecule has 4 nitrogen and oxygen atoms in total. The van der Waals surface area contributed by atoms with Crippen molar-refractivity contribution < 1.29 is 18.3 Å². The molecule has 1 unspecified atom stereocenters. The first-order chi connectivity index (χ1) is 10.5. The standard InChI is InChI=1S/C16H32F2N2O2Si/c1-20(15(21)22-9-10-23(2,3)4)12-14(19)11-13-5-7-16(17,18)8-6-13/h13-14H,5-12,19H2,1-4H3. The number of likely N-dealkylation sites (N-methyl/N-ethyl adjacent to an activating group) is 1. The first-order valence-electron chi connectivity index (χ1n) is 8.50. The zero-order valence-electron chi connectivity index (χ0n) is 14.9. The zero-order valence-corrected chi connectivity index (χ0v) is 15.9. The number of hydrogen-bond acceptors (Lipinski definition) is 3. The summed E-state index contributed by atoms with van der Waals surface area (Å²) < 4.78 is 31.5. The van der Waals surface area contributed by atoms with Crippen molar-refractivity contribution in [1.82, 2.24) is 4.90 Å². The summed E-state index contributed by atoms with van der Waals surface area (Å²) in [6.45, 7) is 7.54. The van der Waals surface area contributed by atoms with E-state index in [0.29, 0.717) is 32.4 Å². The average molecular weight is 351 g/mol.